The van der Waals surface area contributed by atoms with Crippen molar-refractivity contribution in [1.82, 2.24) is 14.8 Å². The fourth-order valence-electron chi connectivity index (χ4n) is 5.99. The zero-order chi connectivity index (χ0) is 27.2. The van der Waals surface area contributed by atoms with Crippen molar-refractivity contribution in [2.75, 3.05) is 32.9 Å². The third kappa shape index (κ3) is 5.17. The third-order valence-electron chi connectivity index (χ3n) is 7.67. The maximum absolute atomic E-state index is 16.0. The van der Waals surface area contributed by atoms with Gasteiger partial charge in [-0.3, -0.25) is 14.2 Å². The average Bonchev–Trinajstić information content (AvgIpc) is 3.16. The van der Waals surface area contributed by atoms with E-state index in [1.54, 1.807) is 0 Å². The van der Waals surface area contributed by atoms with Crippen LogP contribution in [-0.2, 0) is 6.42 Å². The lowest BCUT2D eigenvalue weighted by molar-refractivity contribution is 0.0182. The second-order valence-electron chi connectivity index (χ2n) is 11.4. The van der Waals surface area contributed by atoms with Crippen molar-refractivity contribution in [3.63, 3.8) is 0 Å². The molecule has 7 heteroatoms. The molecule has 3 aromatic rings. The number of aryl methyl sites for hydroxylation is 2. The van der Waals surface area contributed by atoms with Crippen LogP contribution in [0.1, 0.15) is 54.3 Å². The summed E-state index contributed by atoms with van der Waals surface area (Å²) >= 11 is 0. The highest BCUT2D eigenvalue weighted by molar-refractivity contribution is 5.86. The Labute approximate surface area is 223 Å². The number of nitrogens with zero attached hydrogens (tertiary/aromatic N) is 2. The Bertz CT molecular complexity index is 1340. The molecule has 0 unspecified atom stereocenters. The van der Waals surface area contributed by atoms with E-state index in [1.807, 2.05) is 24.8 Å². The van der Waals surface area contributed by atoms with Gasteiger partial charge in [0.1, 0.15) is 23.3 Å². The minimum atomic E-state index is -1.53. The summed E-state index contributed by atoms with van der Waals surface area (Å²) in [7, 11) is 0. The molecule has 2 atom stereocenters. The van der Waals surface area contributed by atoms with Crippen molar-refractivity contribution in [2.45, 2.75) is 64.4 Å². The zero-order valence-electron chi connectivity index (χ0n) is 22.6. The number of aromatic amines is 1. The van der Waals surface area contributed by atoms with Crippen LogP contribution < -0.4 is 4.74 Å². The van der Waals surface area contributed by atoms with Crippen molar-refractivity contribution in [3.8, 4) is 18.1 Å². The van der Waals surface area contributed by atoms with Gasteiger partial charge in [0.05, 0.1) is 18.8 Å². The monoisotopic (exact) mass is 523 g/mol. The van der Waals surface area contributed by atoms with Crippen LogP contribution in [0.5, 0.6) is 5.75 Å². The van der Waals surface area contributed by atoms with Crippen LogP contribution in [0.15, 0.2) is 30.3 Å². The van der Waals surface area contributed by atoms with E-state index in [-0.39, 0.29) is 25.4 Å². The van der Waals surface area contributed by atoms with Gasteiger partial charge in [0, 0.05) is 60.8 Å². The summed E-state index contributed by atoms with van der Waals surface area (Å²) < 4.78 is 49.6. The van der Waals surface area contributed by atoms with Gasteiger partial charge in [-0.15, -0.1) is 6.42 Å². The largest absolute Gasteiger partial charge is 0.488 e. The summed E-state index contributed by atoms with van der Waals surface area (Å²) in [6.07, 6.45) is 7.02. The SMILES string of the molecule is C#C[C@H]1Cc2c([nH]c3cc(C)ccc23)[C@H](c2c(C)cc(OC3CN(CCCF)C3)cc2F)N1CC(C)(C)F. The summed E-state index contributed by atoms with van der Waals surface area (Å²) in [6.45, 7) is 8.78. The van der Waals surface area contributed by atoms with Gasteiger partial charge in [-0.05, 0) is 62.9 Å². The highest BCUT2D eigenvalue weighted by Gasteiger charge is 2.41. The second-order valence-corrected chi connectivity index (χ2v) is 11.4. The Morgan fingerprint density at radius 2 is 1.95 bits per heavy atom. The number of fused-ring (bicyclic) bond motifs is 3. The summed E-state index contributed by atoms with van der Waals surface area (Å²) in [4.78, 5) is 7.59. The van der Waals surface area contributed by atoms with Gasteiger partial charge in [-0.2, -0.15) is 0 Å². The van der Waals surface area contributed by atoms with Gasteiger partial charge in [0.25, 0.3) is 0 Å². The smallest absolute Gasteiger partial charge is 0.132 e. The molecule has 0 spiro atoms. The van der Waals surface area contributed by atoms with Crippen LogP contribution in [-0.4, -0.2) is 65.5 Å². The Morgan fingerprint density at radius 3 is 2.61 bits per heavy atom. The number of nitrogens with one attached hydrogen (secondary N) is 1. The maximum atomic E-state index is 16.0. The first-order valence-corrected chi connectivity index (χ1v) is 13.3. The molecule has 0 bridgehead atoms. The lowest BCUT2D eigenvalue weighted by atomic mass is 9.85. The molecule has 0 amide bonds. The van der Waals surface area contributed by atoms with Crippen molar-refractivity contribution >= 4 is 10.9 Å². The number of hydrogen-bond donors (Lipinski definition) is 1. The summed E-state index contributed by atoms with van der Waals surface area (Å²) in [5.41, 5.74) is 3.67. The average molecular weight is 524 g/mol. The molecule has 0 aliphatic carbocycles. The van der Waals surface area contributed by atoms with Crippen molar-refractivity contribution in [2.24, 2.45) is 0 Å². The van der Waals surface area contributed by atoms with Crippen LogP contribution in [0, 0.1) is 32.0 Å². The molecule has 1 fully saturated rings. The number of H-pyrrole nitrogens is 1. The minimum absolute atomic E-state index is 0.0489. The highest BCUT2D eigenvalue weighted by atomic mass is 19.1. The van der Waals surface area contributed by atoms with Crippen LogP contribution >= 0.6 is 0 Å². The molecular weight excluding hydrogens is 487 g/mol. The van der Waals surface area contributed by atoms with Gasteiger partial charge >= 0.3 is 0 Å². The molecule has 1 saturated heterocycles. The van der Waals surface area contributed by atoms with E-state index in [0.29, 0.717) is 43.8 Å². The van der Waals surface area contributed by atoms with Crippen LogP contribution in [0.25, 0.3) is 10.9 Å². The molecule has 0 saturated carbocycles. The van der Waals surface area contributed by atoms with Crippen LogP contribution in [0.2, 0.25) is 0 Å². The van der Waals surface area contributed by atoms with E-state index in [4.69, 9.17) is 11.2 Å². The number of benzene rings is 2. The standard InChI is InChI=1S/C31H36F3N3O/c1-6-21-14-25-24-9-8-19(2)12-27(24)35-29(25)30(37(21)18-31(4,5)34)28-20(3)13-22(15-26(28)33)38-23-16-36(17-23)11-7-10-32/h1,8-9,12-13,15,21,23,30,35H,7,10-11,14,16-18H2,2-5H3/t21-,30-/m0/s1. The lowest BCUT2D eigenvalue weighted by Gasteiger charge is -2.43. The van der Waals surface area contributed by atoms with E-state index >= 15 is 8.78 Å². The molecule has 1 aromatic heterocycles. The van der Waals surface area contributed by atoms with E-state index in [1.165, 1.54) is 19.9 Å². The van der Waals surface area contributed by atoms with Gasteiger partial charge in [-0.1, -0.05) is 18.1 Å². The predicted octanol–water partition coefficient (Wildman–Crippen LogP) is 6.04. The molecule has 202 valence electrons. The van der Waals surface area contributed by atoms with Crippen molar-refractivity contribution in [1.29, 1.82) is 0 Å². The summed E-state index contributed by atoms with van der Waals surface area (Å²) in [6, 6.07) is 8.54. The number of likely N-dealkylation sites (tertiary alicyclic amines) is 1. The molecule has 4 nitrogen and oxygen atoms in total. The van der Waals surface area contributed by atoms with Gasteiger partial charge in [0.15, 0.2) is 0 Å². The van der Waals surface area contributed by atoms with E-state index in [9.17, 15) is 4.39 Å². The molecule has 2 aliphatic heterocycles. The fraction of sp³-hybridized carbons (Fsp3) is 0.484. The first-order valence-electron chi connectivity index (χ1n) is 13.3. The molecule has 3 heterocycles. The van der Waals surface area contributed by atoms with Crippen molar-refractivity contribution in [3.05, 3.63) is 64.1 Å². The molecule has 1 N–H and O–H groups in total. The second kappa shape index (κ2) is 10.3. The van der Waals surface area contributed by atoms with E-state index in [0.717, 1.165) is 33.3 Å². The normalized spacial score (nSPS) is 20.8. The summed E-state index contributed by atoms with van der Waals surface area (Å²) in [5.74, 6) is 2.93. The maximum Gasteiger partial charge on any atom is 0.132 e. The van der Waals surface area contributed by atoms with Gasteiger partial charge in [-0.25, -0.2) is 8.78 Å². The highest BCUT2D eigenvalue weighted by Crippen LogP contribution is 2.44. The topological polar surface area (TPSA) is 31.5 Å². The van der Waals surface area contributed by atoms with Crippen LogP contribution in [0.3, 0.4) is 0 Å². The number of halogens is 3. The molecule has 0 radical (unpaired) electrons. The molecule has 2 aromatic carbocycles. The Kier molecular flexibility index (Phi) is 7.23. The number of terminal acetylenes is 1. The molecule has 38 heavy (non-hydrogen) atoms. The zero-order valence-corrected chi connectivity index (χ0v) is 22.6. The van der Waals surface area contributed by atoms with Gasteiger partial charge < -0.3 is 9.72 Å². The van der Waals surface area contributed by atoms with E-state index < -0.39 is 17.5 Å². The number of rotatable bonds is 8. The fourth-order valence-corrected chi connectivity index (χ4v) is 5.99. The molecule has 5 rings (SSSR count). The predicted molar refractivity (Wildman–Crippen MR) is 146 cm³/mol. The summed E-state index contributed by atoms with van der Waals surface area (Å²) in [5, 5.41) is 1.07. The lowest BCUT2D eigenvalue weighted by Crippen LogP contribution is -2.53. The Morgan fingerprint density at radius 1 is 1.18 bits per heavy atom. The first kappa shape index (κ1) is 26.6. The number of alkyl halides is 2. The van der Waals surface area contributed by atoms with Crippen LogP contribution in [0.4, 0.5) is 13.2 Å². The number of aromatic nitrogens is 1. The van der Waals surface area contributed by atoms with Crippen molar-refractivity contribution < 1.29 is 17.9 Å². The number of hydrogen-bond acceptors (Lipinski definition) is 3. The number of ether oxygens (including phenoxy) is 1. The van der Waals surface area contributed by atoms with E-state index in [2.05, 4.69) is 34.0 Å². The third-order valence-corrected chi connectivity index (χ3v) is 7.67. The minimum Gasteiger partial charge on any atom is -0.488 e. The molecule has 2 aliphatic rings. The Hall–Kier alpha value is -2.95. The molecular formula is C31H36F3N3O. The van der Waals surface area contributed by atoms with Gasteiger partial charge in [0.2, 0.25) is 0 Å². The first-order chi connectivity index (χ1) is 18.1. The quantitative estimate of drug-likeness (QED) is 0.365. The Balaban J connectivity index is 1.54.